The number of fused-ring (bicyclic) bond motifs is 1. The van der Waals surface area contributed by atoms with E-state index < -0.39 is 47.6 Å². The van der Waals surface area contributed by atoms with Crippen LogP contribution in [-0.4, -0.2) is 97.0 Å². The molecule has 21 heavy (non-hydrogen) atoms. The molecule has 0 aliphatic carbocycles. The summed E-state index contributed by atoms with van der Waals surface area (Å²) in [5.41, 5.74) is 0. The molecular formula is C11H18N2O7S. The molecule has 2 rings (SSSR count). The summed E-state index contributed by atoms with van der Waals surface area (Å²) in [6, 6.07) is -0.944. The minimum absolute atomic E-state index is 0.0169. The first-order chi connectivity index (χ1) is 9.90. The lowest BCUT2D eigenvalue weighted by Gasteiger charge is -2.29. The highest BCUT2D eigenvalue weighted by atomic mass is 32.2. The van der Waals surface area contributed by atoms with Gasteiger partial charge in [0.25, 0.3) is 5.91 Å². The predicted molar refractivity (Wildman–Crippen MR) is 71.0 cm³/mol. The first kappa shape index (κ1) is 16.5. The van der Waals surface area contributed by atoms with Crippen molar-refractivity contribution in [1.82, 2.24) is 10.2 Å². The Kier molecular flexibility index (Phi) is 5.07. The van der Waals surface area contributed by atoms with Crippen LogP contribution in [0.5, 0.6) is 0 Å². The van der Waals surface area contributed by atoms with Crippen molar-refractivity contribution in [2.45, 2.75) is 35.8 Å². The molecule has 2 fully saturated rings. The van der Waals surface area contributed by atoms with E-state index in [0.29, 0.717) is 0 Å². The van der Waals surface area contributed by atoms with Crippen LogP contribution in [0.1, 0.15) is 0 Å². The van der Waals surface area contributed by atoms with Gasteiger partial charge in [-0.2, -0.15) is 0 Å². The lowest BCUT2D eigenvalue weighted by molar-refractivity contribution is -0.151. The van der Waals surface area contributed by atoms with Gasteiger partial charge in [-0.1, -0.05) is 0 Å². The second-order valence-electron chi connectivity index (χ2n) is 4.92. The Morgan fingerprint density at radius 1 is 1.24 bits per heavy atom. The third-order valence-corrected chi connectivity index (χ3v) is 4.93. The van der Waals surface area contributed by atoms with Crippen molar-refractivity contribution in [2.24, 2.45) is 0 Å². The van der Waals surface area contributed by atoms with Gasteiger partial charge in [-0.25, -0.2) is 0 Å². The largest absolute Gasteiger partial charge is 0.395 e. The second kappa shape index (κ2) is 6.46. The Labute approximate surface area is 124 Å². The molecule has 6 N–H and O–H groups in total. The molecule has 2 saturated heterocycles. The van der Waals surface area contributed by atoms with Crippen molar-refractivity contribution in [2.75, 3.05) is 18.9 Å². The number of rotatable bonds is 3. The summed E-state index contributed by atoms with van der Waals surface area (Å²) >= 11 is 1.08. The van der Waals surface area contributed by atoms with Crippen LogP contribution in [0.4, 0.5) is 0 Å². The summed E-state index contributed by atoms with van der Waals surface area (Å²) in [6.07, 6.45) is -6.90. The highest BCUT2D eigenvalue weighted by Gasteiger charge is 2.53. The Morgan fingerprint density at radius 3 is 2.52 bits per heavy atom. The van der Waals surface area contributed by atoms with Gasteiger partial charge in [-0.05, 0) is 0 Å². The molecule has 2 aliphatic heterocycles. The summed E-state index contributed by atoms with van der Waals surface area (Å²) < 4.78 is 0. The molecule has 10 heteroatoms. The van der Waals surface area contributed by atoms with Crippen molar-refractivity contribution < 1.29 is 35.1 Å². The van der Waals surface area contributed by atoms with E-state index >= 15 is 0 Å². The molecule has 0 aromatic carbocycles. The van der Waals surface area contributed by atoms with Crippen molar-refractivity contribution in [1.29, 1.82) is 0 Å². The van der Waals surface area contributed by atoms with E-state index in [1.807, 2.05) is 0 Å². The molecule has 0 radical (unpaired) electrons. The normalized spacial score (nSPS) is 39.9. The second-order valence-corrected chi connectivity index (χ2v) is 6.07. The molecule has 6 atom stereocenters. The van der Waals surface area contributed by atoms with Gasteiger partial charge in [0.2, 0.25) is 5.91 Å². The smallest absolute Gasteiger partial charge is 0.255 e. The van der Waals surface area contributed by atoms with Crippen LogP contribution in [0.2, 0.25) is 0 Å². The number of aliphatic hydroxyl groups is 5. The van der Waals surface area contributed by atoms with Gasteiger partial charge in [-0.3, -0.25) is 9.59 Å². The van der Waals surface area contributed by atoms with Gasteiger partial charge < -0.3 is 35.7 Å². The number of carbonyl (C=O) groups excluding carboxylic acids is 2. The SMILES string of the molecule is O=C(NCCO)[C@@H]1CS[C@@H]2[C@H](O)[C@@H](O)[C@H](O)[C@H](O)C(=O)N21. The first-order valence-corrected chi connectivity index (χ1v) is 7.49. The van der Waals surface area contributed by atoms with Crippen molar-refractivity contribution >= 4 is 23.6 Å². The molecule has 0 aromatic heterocycles. The quantitative estimate of drug-likeness (QED) is 0.306. The molecule has 0 spiro atoms. The number of thioether (sulfide) groups is 1. The summed E-state index contributed by atoms with van der Waals surface area (Å²) in [7, 11) is 0. The topological polar surface area (TPSA) is 151 Å². The molecule has 0 bridgehead atoms. The third-order valence-electron chi connectivity index (χ3n) is 3.57. The number of nitrogens with one attached hydrogen (secondary N) is 1. The van der Waals surface area contributed by atoms with Crippen molar-refractivity contribution in [3.63, 3.8) is 0 Å². The number of amides is 2. The van der Waals surface area contributed by atoms with Gasteiger partial charge in [0, 0.05) is 12.3 Å². The maximum absolute atomic E-state index is 12.2. The highest BCUT2D eigenvalue weighted by molar-refractivity contribution is 8.00. The molecule has 0 saturated carbocycles. The molecule has 2 amide bonds. The van der Waals surface area contributed by atoms with Crippen molar-refractivity contribution in [3.05, 3.63) is 0 Å². The van der Waals surface area contributed by atoms with Gasteiger partial charge in [-0.15, -0.1) is 11.8 Å². The summed E-state index contributed by atoms with van der Waals surface area (Å²) in [5, 5.41) is 49.3. The van der Waals surface area contributed by atoms with E-state index in [-0.39, 0.29) is 18.9 Å². The van der Waals surface area contributed by atoms with Gasteiger partial charge in [0.1, 0.15) is 29.7 Å². The van der Waals surface area contributed by atoms with E-state index in [9.17, 15) is 30.0 Å². The Morgan fingerprint density at radius 2 is 1.90 bits per heavy atom. The number of nitrogens with zero attached hydrogens (tertiary/aromatic N) is 1. The molecular weight excluding hydrogens is 304 g/mol. The van der Waals surface area contributed by atoms with E-state index in [1.165, 1.54) is 0 Å². The predicted octanol–water partition coefficient (Wildman–Crippen LogP) is -4.18. The summed E-state index contributed by atoms with van der Waals surface area (Å²) in [5.74, 6) is -1.27. The first-order valence-electron chi connectivity index (χ1n) is 6.44. The lowest BCUT2D eigenvalue weighted by Crippen LogP contribution is -2.54. The molecule has 2 aliphatic rings. The van der Waals surface area contributed by atoms with Crippen LogP contribution >= 0.6 is 11.8 Å². The lowest BCUT2D eigenvalue weighted by atomic mass is 10.1. The van der Waals surface area contributed by atoms with Crippen LogP contribution in [0.3, 0.4) is 0 Å². The minimum atomic E-state index is -1.91. The summed E-state index contributed by atoms with van der Waals surface area (Å²) in [4.78, 5) is 25.1. The number of carbonyl (C=O) groups is 2. The van der Waals surface area contributed by atoms with E-state index in [4.69, 9.17) is 5.11 Å². The van der Waals surface area contributed by atoms with Crippen LogP contribution in [0, 0.1) is 0 Å². The standard InChI is InChI=1S/C11H18N2O7S/c14-2-1-12-9(19)4-3-21-11-8(18)6(16)5(15)7(17)10(20)13(4)11/h4-8,11,14-18H,1-3H2,(H,12,19)/t4-,5-,6-,7-,8+,11+/m0/s1. The molecule has 0 aromatic rings. The highest BCUT2D eigenvalue weighted by Crippen LogP contribution is 2.36. The van der Waals surface area contributed by atoms with Gasteiger partial charge in [0.15, 0.2) is 6.10 Å². The molecule has 9 nitrogen and oxygen atoms in total. The zero-order valence-electron chi connectivity index (χ0n) is 11.0. The number of hydrogen-bond donors (Lipinski definition) is 6. The molecule has 0 unspecified atom stereocenters. The zero-order valence-corrected chi connectivity index (χ0v) is 11.8. The van der Waals surface area contributed by atoms with Gasteiger partial charge in [0.05, 0.1) is 6.61 Å². The van der Waals surface area contributed by atoms with E-state index in [1.54, 1.807) is 0 Å². The average molecular weight is 322 g/mol. The number of hydrogen-bond acceptors (Lipinski definition) is 8. The van der Waals surface area contributed by atoms with Crippen LogP contribution in [0.15, 0.2) is 0 Å². The summed E-state index contributed by atoms with van der Waals surface area (Å²) in [6.45, 7) is -0.241. The zero-order chi connectivity index (χ0) is 15.7. The Balaban J connectivity index is 2.24. The van der Waals surface area contributed by atoms with Gasteiger partial charge >= 0.3 is 0 Å². The van der Waals surface area contributed by atoms with Crippen LogP contribution in [0.25, 0.3) is 0 Å². The fourth-order valence-electron chi connectivity index (χ4n) is 2.43. The van der Waals surface area contributed by atoms with E-state index in [2.05, 4.69) is 5.32 Å². The monoisotopic (exact) mass is 322 g/mol. The Bertz CT molecular complexity index is 423. The Hall–Kier alpha value is -0.910. The minimum Gasteiger partial charge on any atom is -0.395 e. The van der Waals surface area contributed by atoms with E-state index in [0.717, 1.165) is 16.7 Å². The van der Waals surface area contributed by atoms with Crippen LogP contribution < -0.4 is 5.32 Å². The fraction of sp³-hybridized carbons (Fsp3) is 0.818. The van der Waals surface area contributed by atoms with Crippen molar-refractivity contribution in [3.8, 4) is 0 Å². The average Bonchev–Trinajstić information content (AvgIpc) is 2.91. The molecule has 120 valence electrons. The maximum Gasteiger partial charge on any atom is 0.255 e. The molecule has 2 heterocycles. The fourth-order valence-corrected chi connectivity index (χ4v) is 3.89. The number of aliphatic hydroxyl groups excluding tert-OH is 5. The maximum atomic E-state index is 12.2. The van der Waals surface area contributed by atoms with Crippen LogP contribution in [-0.2, 0) is 9.59 Å². The third kappa shape index (κ3) is 2.87.